The van der Waals surface area contributed by atoms with Crippen molar-refractivity contribution in [2.45, 2.75) is 32.1 Å². The summed E-state index contributed by atoms with van der Waals surface area (Å²) in [5, 5.41) is 14.3. The molecule has 8 heteroatoms. The maximum atomic E-state index is 12.3. The van der Waals surface area contributed by atoms with Crippen LogP contribution in [-0.4, -0.2) is 37.4 Å². The molecule has 2 N–H and O–H groups in total. The van der Waals surface area contributed by atoms with Gasteiger partial charge >= 0.3 is 0 Å². The third kappa shape index (κ3) is 4.05. The molecule has 1 aliphatic rings. The van der Waals surface area contributed by atoms with Crippen LogP contribution >= 0.6 is 0 Å². The first-order valence-corrected chi connectivity index (χ1v) is 8.83. The number of fused-ring (bicyclic) bond motifs is 1. The fraction of sp³-hybridized carbons (Fsp3) is 0.263. The number of amides is 2. The molecule has 0 unspecified atom stereocenters. The minimum atomic E-state index is -0.194. The topological polar surface area (TPSA) is 93.8 Å². The van der Waals surface area contributed by atoms with Gasteiger partial charge in [0.1, 0.15) is 12.2 Å². The Morgan fingerprint density at radius 2 is 2.04 bits per heavy atom. The summed E-state index contributed by atoms with van der Waals surface area (Å²) in [5.41, 5.74) is 2.39. The second-order valence-electron chi connectivity index (χ2n) is 6.54. The lowest BCUT2D eigenvalue weighted by molar-refractivity contribution is -0.122. The molecule has 2 aromatic heterocycles. The van der Waals surface area contributed by atoms with Crippen LogP contribution in [0.15, 0.2) is 54.9 Å². The van der Waals surface area contributed by atoms with E-state index >= 15 is 0 Å². The van der Waals surface area contributed by atoms with Crippen LogP contribution in [0.4, 0.5) is 0 Å². The zero-order chi connectivity index (χ0) is 18.6. The maximum absolute atomic E-state index is 12.3. The average Bonchev–Trinajstić information content (AvgIpc) is 3.37. The minimum absolute atomic E-state index is 0.0167. The Bertz CT molecular complexity index is 909. The van der Waals surface area contributed by atoms with Crippen molar-refractivity contribution in [2.24, 2.45) is 0 Å². The molecule has 0 fully saturated rings. The second-order valence-corrected chi connectivity index (χ2v) is 6.54. The van der Waals surface area contributed by atoms with E-state index in [1.165, 1.54) is 0 Å². The summed E-state index contributed by atoms with van der Waals surface area (Å²) in [6.07, 6.45) is 4.05. The van der Waals surface area contributed by atoms with Crippen LogP contribution < -0.4 is 10.6 Å². The van der Waals surface area contributed by atoms with Gasteiger partial charge in [-0.15, -0.1) is 0 Å². The van der Waals surface area contributed by atoms with Gasteiger partial charge < -0.3 is 10.6 Å². The fourth-order valence-electron chi connectivity index (χ4n) is 3.19. The molecule has 8 nitrogen and oxygen atoms in total. The van der Waals surface area contributed by atoms with Crippen molar-refractivity contribution in [3.05, 3.63) is 71.8 Å². The average molecular weight is 364 g/mol. The molecule has 4 rings (SSSR count). The summed E-state index contributed by atoms with van der Waals surface area (Å²) in [7, 11) is 0. The van der Waals surface area contributed by atoms with E-state index in [0.717, 1.165) is 11.3 Å². The van der Waals surface area contributed by atoms with E-state index in [1.807, 2.05) is 30.3 Å². The van der Waals surface area contributed by atoms with E-state index in [0.29, 0.717) is 25.2 Å². The number of hydrogen-bond acceptors (Lipinski definition) is 4. The van der Waals surface area contributed by atoms with Gasteiger partial charge in [0.05, 0.1) is 12.6 Å². The molecular weight excluding hydrogens is 344 g/mol. The van der Waals surface area contributed by atoms with Crippen molar-refractivity contribution in [3.8, 4) is 0 Å². The number of carbonyl (C=O) groups is 2. The fourth-order valence-corrected chi connectivity index (χ4v) is 3.19. The van der Waals surface area contributed by atoms with Gasteiger partial charge in [-0.1, -0.05) is 30.3 Å². The molecule has 3 aromatic rings. The molecule has 27 heavy (non-hydrogen) atoms. The molecule has 0 saturated heterocycles. The van der Waals surface area contributed by atoms with Crippen LogP contribution in [0.2, 0.25) is 0 Å². The smallest absolute Gasteiger partial charge is 0.272 e. The van der Waals surface area contributed by atoms with Crippen molar-refractivity contribution >= 4 is 11.8 Å². The molecule has 1 aromatic carbocycles. The summed E-state index contributed by atoms with van der Waals surface area (Å²) in [6, 6.07) is 13.3. The highest BCUT2D eigenvalue weighted by Crippen LogP contribution is 2.16. The molecule has 0 radical (unpaired) electrons. The third-order valence-electron chi connectivity index (χ3n) is 4.47. The Morgan fingerprint density at radius 3 is 2.78 bits per heavy atom. The van der Waals surface area contributed by atoms with Crippen molar-refractivity contribution in [1.82, 2.24) is 30.2 Å². The Balaban J connectivity index is 1.29. The molecule has 0 spiro atoms. The van der Waals surface area contributed by atoms with E-state index < -0.39 is 0 Å². The Hall–Kier alpha value is -3.42. The number of aromatic nitrogens is 4. The first kappa shape index (κ1) is 17.0. The summed E-state index contributed by atoms with van der Waals surface area (Å²) in [4.78, 5) is 24.4. The summed E-state index contributed by atoms with van der Waals surface area (Å²) in [6.45, 7) is 1.22. The first-order chi connectivity index (χ1) is 13.2. The first-order valence-electron chi connectivity index (χ1n) is 8.83. The molecule has 2 amide bonds. The van der Waals surface area contributed by atoms with Gasteiger partial charge in [-0.2, -0.15) is 10.2 Å². The number of nitrogens with zero attached hydrogens (tertiary/aromatic N) is 4. The molecule has 0 aliphatic carbocycles. The number of benzene rings is 1. The van der Waals surface area contributed by atoms with Gasteiger partial charge in [0, 0.05) is 31.1 Å². The van der Waals surface area contributed by atoms with Crippen molar-refractivity contribution in [1.29, 1.82) is 0 Å². The van der Waals surface area contributed by atoms with E-state index in [9.17, 15) is 9.59 Å². The van der Waals surface area contributed by atoms with Crippen molar-refractivity contribution < 1.29 is 9.59 Å². The van der Waals surface area contributed by atoms with E-state index in [4.69, 9.17) is 0 Å². The van der Waals surface area contributed by atoms with Gasteiger partial charge in [0.15, 0.2) is 0 Å². The lowest BCUT2D eigenvalue weighted by atomic mass is 10.2. The maximum Gasteiger partial charge on any atom is 0.272 e. The number of rotatable bonds is 6. The summed E-state index contributed by atoms with van der Waals surface area (Å²) >= 11 is 0. The van der Waals surface area contributed by atoms with Crippen LogP contribution in [0.5, 0.6) is 0 Å². The highest BCUT2D eigenvalue weighted by molar-refractivity contribution is 5.92. The second kappa shape index (κ2) is 7.45. The van der Waals surface area contributed by atoms with Crippen LogP contribution in [0, 0.1) is 0 Å². The highest BCUT2D eigenvalue weighted by Gasteiger charge is 2.26. The lowest BCUT2D eigenvalue weighted by Gasteiger charge is -2.11. The molecule has 1 atom stereocenters. The van der Waals surface area contributed by atoms with E-state index in [-0.39, 0.29) is 24.4 Å². The molecule has 3 heterocycles. The minimum Gasteiger partial charge on any atom is -0.349 e. The van der Waals surface area contributed by atoms with Crippen molar-refractivity contribution in [2.75, 3.05) is 0 Å². The van der Waals surface area contributed by atoms with Gasteiger partial charge in [-0.25, -0.2) is 0 Å². The van der Waals surface area contributed by atoms with Crippen molar-refractivity contribution in [3.63, 3.8) is 0 Å². The van der Waals surface area contributed by atoms with E-state index in [1.54, 1.807) is 33.9 Å². The molecule has 138 valence electrons. The monoisotopic (exact) mass is 364 g/mol. The lowest BCUT2D eigenvalue weighted by Crippen LogP contribution is -2.38. The molecule has 1 aliphatic heterocycles. The predicted octanol–water partition coefficient (Wildman–Crippen LogP) is 0.751. The van der Waals surface area contributed by atoms with E-state index in [2.05, 4.69) is 20.8 Å². The zero-order valence-corrected chi connectivity index (χ0v) is 14.7. The standard InChI is InChI=1S/C19H20N6O2/c26-18(13-24-8-4-7-21-24)22-15-9-16-10-17(23-25(16)12-15)19(27)20-11-14-5-2-1-3-6-14/h1-8,10,15H,9,11-13H2,(H,20,27)(H,22,26)/t15-/m0/s1. The summed E-state index contributed by atoms with van der Waals surface area (Å²) < 4.78 is 3.37. The Kier molecular flexibility index (Phi) is 4.69. The quantitative estimate of drug-likeness (QED) is 0.675. The number of nitrogens with one attached hydrogen (secondary N) is 2. The number of carbonyl (C=O) groups excluding carboxylic acids is 2. The van der Waals surface area contributed by atoms with Crippen LogP contribution in [0.1, 0.15) is 21.7 Å². The van der Waals surface area contributed by atoms with Crippen LogP contribution in [0.3, 0.4) is 0 Å². The van der Waals surface area contributed by atoms with Gasteiger partial charge in [-0.3, -0.25) is 19.0 Å². The third-order valence-corrected chi connectivity index (χ3v) is 4.47. The normalized spacial score (nSPS) is 15.3. The SMILES string of the molecule is O=C(Cn1cccn1)N[C@H]1Cc2cc(C(=O)NCc3ccccc3)nn2C1. The molecular formula is C19H20N6O2. The number of hydrogen-bond donors (Lipinski definition) is 2. The van der Waals surface area contributed by atoms with Gasteiger partial charge in [0.2, 0.25) is 5.91 Å². The Labute approximate surface area is 156 Å². The molecule has 0 bridgehead atoms. The van der Waals surface area contributed by atoms with Gasteiger partial charge in [0.25, 0.3) is 5.91 Å². The van der Waals surface area contributed by atoms with Gasteiger partial charge in [-0.05, 0) is 17.7 Å². The largest absolute Gasteiger partial charge is 0.349 e. The van der Waals surface area contributed by atoms with Crippen LogP contribution in [0.25, 0.3) is 0 Å². The highest BCUT2D eigenvalue weighted by atomic mass is 16.2. The zero-order valence-electron chi connectivity index (χ0n) is 14.7. The predicted molar refractivity (Wildman–Crippen MR) is 97.7 cm³/mol. The molecule has 0 saturated carbocycles. The van der Waals surface area contributed by atoms with Crippen LogP contribution in [-0.2, 0) is 30.8 Å². The summed E-state index contributed by atoms with van der Waals surface area (Å²) in [5.74, 6) is -0.282. The Morgan fingerprint density at radius 1 is 1.19 bits per heavy atom.